The van der Waals surface area contributed by atoms with E-state index >= 15 is 0 Å². The van der Waals surface area contributed by atoms with Crippen molar-refractivity contribution < 1.29 is 0 Å². The Hall–Kier alpha value is -1.60. The molecule has 2 aromatic heterocycles. The molecule has 0 radical (unpaired) electrons. The molecule has 0 aliphatic carbocycles. The van der Waals surface area contributed by atoms with E-state index in [-0.39, 0.29) is 5.69 Å². The lowest BCUT2D eigenvalue weighted by molar-refractivity contribution is 0.660. The maximum Gasteiger partial charge on any atom is 0.343 e. The fourth-order valence-corrected chi connectivity index (χ4v) is 2.38. The molecule has 0 unspecified atom stereocenters. The molecule has 0 amide bonds. The van der Waals surface area contributed by atoms with E-state index in [1.54, 1.807) is 10.8 Å². The van der Waals surface area contributed by atoms with E-state index in [4.69, 9.17) is 5.73 Å². The van der Waals surface area contributed by atoms with Crippen molar-refractivity contribution in [3.63, 3.8) is 0 Å². The highest BCUT2D eigenvalue weighted by molar-refractivity contribution is 7.99. The Morgan fingerprint density at radius 3 is 2.94 bits per heavy atom. The zero-order valence-electron chi connectivity index (χ0n) is 10.1. The number of hydrogen-bond donors (Lipinski definition) is 2. The van der Waals surface area contributed by atoms with Gasteiger partial charge in [0.1, 0.15) is 5.03 Å². The van der Waals surface area contributed by atoms with Gasteiger partial charge in [-0.3, -0.25) is 4.57 Å². The Morgan fingerprint density at radius 2 is 2.33 bits per heavy atom. The average molecular weight is 265 g/mol. The lowest BCUT2D eigenvalue weighted by Gasteiger charge is -2.02. The zero-order valence-corrected chi connectivity index (χ0v) is 10.9. The molecule has 0 aliphatic heterocycles. The minimum atomic E-state index is -0.195. The molecule has 0 fully saturated rings. The number of pyridine rings is 1. The van der Waals surface area contributed by atoms with E-state index in [0.29, 0.717) is 18.2 Å². The number of H-pyrrole nitrogens is 1. The van der Waals surface area contributed by atoms with Crippen molar-refractivity contribution in [1.82, 2.24) is 19.7 Å². The summed E-state index contributed by atoms with van der Waals surface area (Å²) in [6, 6.07) is 3.90. The molecule has 0 atom stereocenters. The van der Waals surface area contributed by atoms with Crippen molar-refractivity contribution in [2.24, 2.45) is 5.73 Å². The third kappa shape index (κ3) is 2.80. The van der Waals surface area contributed by atoms with Crippen molar-refractivity contribution in [1.29, 1.82) is 0 Å². The van der Waals surface area contributed by atoms with Gasteiger partial charge in [-0.1, -0.05) is 6.07 Å². The summed E-state index contributed by atoms with van der Waals surface area (Å²) < 4.78 is 1.57. The van der Waals surface area contributed by atoms with Crippen molar-refractivity contribution in [3.8, 4) is 0 Å². The van der Waals surface area contributed by atoms with Crippen molar-refractivity contribution >= 4 is 11.8 Å². The van der Waals surface area contributed by atoms with Crippen LogP contribution in [-0.4, -0.2) is 26.3 Å². The SMILES string of the molecule is CCn1c(Sc2ccc(CCN)cn2)n[nH]c1=O. The predicted octanol–water partition coefficient (Wildman–Crippen LogP) is 0.639. The quantitative estimate of drug-likeness (QED) is 0.828. The fraction of sp³-hybridized carbons (Fsp3) is 0.364. The number of nitrogens with two attached hydrogens (primary N) is 1. The maximum absolute atomic E-state index is 11.4. The molecule has 6 nitrogen and oxygen atoms in total. The van der Waals surface area contributed by atoms with Crippen LogP contribution < -0.4 is 11.4 Å². The Kier molecular flexibility index (Phi) is 4.16. The summed E-state index contributed by atoms with van der Waals surface area (Å²) in [5.41, 5.74) is 6.39. The molecule has 7 heteroatoms. The van der Waals surface area contributed by atoms with Crippen molar-refractivity contribution in [3.05, 3.63) is 34.4 Å². The molecular formula is C11H15N5OS. The average Bonchev–Trinajstić information content (AvgIpc) is 2.72. The second-order valence-electron chi connectivity index (χ2n) is 3.70. The van der Waals surface area contributed by atoms with Gasteiger partial charge in [-0.2, -0.15) is 0 Å². The molecule has 0 aliphatic rings. The summed E-state index contributed by atoms with van der Waals surface area (Å²) in [5.74, 6) is 0. The van der Waals surface area contributed by atoms with Crippen LogP contribution in [0.5, 0.6) is 0 Å². The molecule has 0 bridgehead atoms. The number of nitrogens with zero attached hydrogens (tertiary/aromatic N) is 3. The second-order valence-corrected chi connectivity index (χ2v) is 4.69. The van der Waals surface area contributed by atoms with Gasteiger partial charge < -0.3 is 5.73 Å². The summed E-state index contributed by atoms with van der Waals surface area (Å²) >= 11 is 1.36. The Morgan fingerprint density at radius 1 is 1.50 bits per heavy atom. The van der Waals surface area contributed by atoms with Crippen LogP contribution in [0.4, 0.5) is 0 Å². The van der Waals surface area contributed by atoms with Crippen LogP contribution in [0.25, 0.3) is 0 Å². The largest absolute Gasteiger partial charge is 0.343 e. The summed E-state index contributed by atoms with van der Waals surface area (Å²) in [6.07, 6.45) is 2.62. The molecule has 18 heavy (non-hydrogen) atoms. The number of aromatic amines is 1. The van der Waals surface area contributed by atoms with Gasteiger partial charge in [0, 0.05) is 12.7 Å². The van der Waals surface area contributed by atoms with Gasteiger partial charge >= 0.3 is 5.69 Å². The minimum absolute atomic E-state index is 0.195. The molecule has 0 saturated heterocycles. The van der Waals surface area contributed by atoms with E-state index in [9.17, 15) is 4.79 Å². The van der Waals surface area contributed by atoms with Crippen LogP contribution >= 0.6 is 11.8 Å². The lowest BCUT2D eigenvalue weighted by atomic mass is 10.2. The highest BCUT2D eigenvalue weighted by Crippen LogP contribution is 2.22. The van der Waals surface area contributed by atoms with Gasteiger partial charge in [0.2, 0.25) is 0 Å². The molecule has 96 valence electrons. The van der Waals surface area contributed by atoms with Gasteiger partial charge in [-0.15, -0.1) is 5.10 Å². The summed E-state index contributed by atoms with van der Waals surface area (Å²) in [6.45, 7) is 3.10. The normalized spacial score (nSPS) is 10.8. The minimum Gasteiger partial charge on any atom is -0.330 e. The van der Waals surface area contributed by atoms with Gasteiger partial charge in [-0.05, 0) is 43.3 Å². The molecule has 0 aromatic carbocycles. The van der Waals surface area contributed by atoms with Crippen LogP contribution in [0.1, 0.15) is 12.5 Å². The maximum atomic E-state index is 11.4. The van der Waals surface area contributed by atoms with Crippen LogP contribution in [0.3, 0.4) is 0 Å². The number of aromatic nitrogens is 4. The molecule has 0 spiro atoms. The zero-order chi connectivity index (χ0) is 13.0. The van der Waals surface area contributed by atoms with E-state index in [1.165, 1.54) is 11.8 Å². The molecule has 2 aromatic rings. The third-order valence-corrected chi connectivity index (χ3v) is 3.41. The summed E-state index contributed by atoms with van der Waals surface area (Å²) in [5, 5.41) is 7.84. The van der Waals surface area contributed by atoms with E-state index in [1.807, 2.05) is 19.1 Å². The number of rotatable bonds is 5. The van der Waals surface area contributed by atoms with Crippen LogP contribution in [0.15, 0.2) is 33.3 Å². The van der Waals surface area contributed by atoms with E-state index in [0.717, 1.165) is 17.0 Å². The van der Waals surface area contributed by atoms with Crippen molar-refractivity contribution in [2.45, 2.75) is 30.1 Å². The first-order chi connectivity index (χ1) is 8.74. The monoisotopic (exact) mass is 265 g/mol. The Balaban J connectivity index is 2.15. The van der Waals surface area contributed by atoms with Gasteiger partial charge in [0.15, 0.2) is 5.16 Å². The van der Waals surface area contributed by atoms with E-state index < -0.39 is 0 Å². The molecular weight excluding hydrogens is 250 g/mol. The van der Waals surface area contributed by atoms with Crippen molar-refractivity contribution in [2.75, 3.05) is 6.54 Å². The van der Waals surface area contributed by atoms with Gasteiger partial charge in [0.25, 0.3) is 0 Å². The lowest BCUT2D eigenvalue weighted by Crippen LogP contribution is -2.16. The first-order valence-corrected chi connectivity index (χ1v) is 6.54. The smallest absolute Gasteiger partial charge is 0.330 e. The second kappa shape index (κ2) is 5.83. The first kappa shape index (κ1) is 12.8. The Bertz CT molecular complexity index is 560. The van der Waals surface area contributed by atoms with Crippen LogP contribution in [0, 0.1) is 0 Å². The highest BCUT2D eigenvalue weighted by Gasteiger charge is 2.08. The van der Waals surface area contributed by atoms with Gasteiger partial charge in [-0.25, -0.2) is 14.9 Å². The number of hydrogen-bond acceptors (Lipinski definition) is 5. The van der Waals surface area contributed by atoms with E-state index in [2.05, 4.69) is 15.2 Å². The van der Waals surface area contributed by atoms with Crippen LogP contribution in [0.2, 0.25) is 0 Å². The third-order valence-electron chi connectivity index (χ3n) is 2.47. The molecule has 0 saturated carbocycles. The standard InChI is InChI=1S/C11H15N5OS/c1-2-16-10(17)14-15-11(16)18-9-4-3-8(5-6-12)7-13-9/h3-4,7H,2,5-6,12H2,1H3,(H,14,17). The summed E-state index contributed by atoms with van der Waals surface area (Å²) in [4.78, 5) is 15.7. The highest BCUT2D eigenvalue weighted by atomic mass is 32.2. The van der Waals surface area contributed by atoms with Crippen LogP contribution in [-0.2, 0) is 13.0 Å². The van der Waals surface area contributed by atoms with Gasteiger partial charge in [0.05, 0.1) is 0 Å². The molecule has 3 N–H and O–H groups in total. The summed E-state index contributed by atoms with van der Waals surface area (Å²) in [7, 11) is 0. The predicted molar refractivity (Wildman–Crippen MR) is 69.6 cm³/mol. The Labute approximate surface area is 109 Å². The first-order valence-electron chi connectivity index (χ1n) is 5.72. The topological polar surface area (TPSA) is 89.6 Å². The number of nitrogens with one attached hydrogen (secondary N) is 1. The molecule has 2 heterocycles. The fourth-order valence-electron chi connectivity index (χ4n) is 1.54. The molecule has 2 rings (SSSR count).